The lowest BCUT2D eigenvalue weighted by atomic mass is 9.89. The van der Waals surface area contributed by atoms with Crippen molar-refractivity contribution in [2.45, 2.75) is 25.8 Å². The summed E-state index contributed by atoms with van der Waals surface area (Å²) in [4.78, 5) is 8.20. The number of guanidine groups is 1. The molecule has 0 bridgehead atoms. The maximum absolute atomic E-state index is 6.95. The second kappa shape index (κ2) is 9.64. The highest BCUT2D eigenvalue weighted by atomic mass is 15.4. The summed E-state index contributed by atoms with van der Waals surface area (Å²) in [6, 6.07) is 17.2. The largest absolute Gasteiger partial charge is 0.368 e. The number of benzene rings is 2. The van der Waals surface area contributed by atoms with Gasteiger partial charge in [0.25, 0.3) is 0 Å². The van der Waals surface area contributed by atoms with Crippen LogP contribution in [0.15, 0.2) is 58.5 Å². The Kier molecular flexibility index (Phi) is 6.71. The van der Waals surface area contributed by atoms with Gasteiger partial charge in [0.1, 0.15) is 0 Å². The van der Waals surface area contributed by atoms with Crippen LogP contribution in [0.2, 0.25) is 0 Å². The summed E-state index contributed by atoms with van der Waals surface area (Å²) in [5, 5.41) is 6.95. The number of hydrazine groups is 1. The Bertz CT molecular complexity index is 813. The molecule has 2 aromatic rings. The molecule has 1 aliphatic rings. The average Bonchev–Trinajstić information content (AvgIpc) is 3.15. The van der Waals surface area contributed by atoms with E-state index in [0.29, 0.717) is 12.5 Å². The molecule has 0 saturated carbocycles. The monoisotopic (exact) mass is 362 g/mol. The molecule has 5 N–H and O–H groups in total. The lowest BCUT2D eigenvalue weighted by Crippen LogP contribution is -2.13. The molecule has 27 heavy (non-hydrogen) atoms. The molecule has 1 unspecified atom stereocenters. The molecule has 0 aromatic heterocycles. The van der Waals surface area contributed by atoms with Crippen LogP contribution in [0.25, 0.3) is 0 Å². The number of anilines is 1. The van der Waals surface area contributed by atoms with Gasteiger partial charge in [0.15, 0.2) is 0 Å². The van der Waals surface area contributed by atoms with Gasteiger partial charge >= 0.3 is 0 Å². The highest BCUT2D eigenvalue weighted by Crippen LogP contribution is 2.24. The van der Waals surface area contributed by atoms with E-state index in [-0.39, 0.29) is 5.96 Å². The van der Waals surface area contributed by atoms with Crippen molar-refractivity contribution in [1.82, 2.24) is 5.43 Å². The quantitative estimate of drug-likeness (QED) is 0.429. The van der Waals surface area contributed by atoms with Gasteiger partial charge in [0, 0.05) is 25.5 Å². The second-order valence-corrected chi connectivity index (χ2v) is 6.70. The fraction of sp³-hybridized carbons (Fsp3) is 0.286. The molecule has 0 fully saturated rings. The Balaban J connectivity index is 1.67. The Hall–Kier alpha value is -2.99. The van der Waals surface area contributed by atoms with Gasteiger partial charge in [-0.1, -0.05) is 42.5 Å². The van der Waals surface area contributed by atoms with Crippen LogP contribution in [-0.4, -0.2) is 24.9 Å². The van der Waals surface area contributed by atoms with Crippen molar-refractivity contribution >= 4 is 24.1 Å². The predicted molar refractivity (Wildman–Crippen MR) is 113 cm³/mol. The summed E-state index contributed by atoms with van der Waals surface area (Å²) >= 11 is 0. The number of hydrogen-bond acceptors (Lipinski definition) is 4. The SMILES string of the molecule is N=CC=NC(N)=NCCC(Cc1ccccc1)Cc1ccc2c(c1)NNC2. The van der Waals surface area contributed by atoms with E-state index in [1.807, 2.05) is 6.07 Å². The van der Waals surface area contributed by atoms with Crippen molar-refractivity contribution in [1.29, 1.82) is 5.41 Å². The van der Waals surface area contributed by atoms with E-state index in [0.717, 1.165) is 32.0 Å². The zero-order valence-electron chi connectivity index (χ0n) is 15.4. The van der Waals surface area contributed by atoms with Gasteiger partial charge in [0.2, 0.25) is 5.96 Å². The lowest BCUT2D eigenvalue weighted by molar-refractivity contribution is 0.488. The minimum atomic E-state index is 0.227. The normalized spacial score (nSPS) is 14.7. The smallest absolute Gasteiger partial charge is 0.215 e. The minimum absolute atomic E-state index is 0.227. The first-order valence-corrected chi connectivity index (χ1v) is 9.22. The van der Waals surface area contributed by atoms with Crippen molar-refractivity contribution in [2.75, 3.05) is 12.0 Å². The van der Waals surface area contributed by atoms with Crippen molar-refractivity contribution in [3.63, 3.8) is 0 Å². The van der Waals surface area contributed by atoms with Crippen molar-refractivity contribution < 1.29 is 0 Å². The molecule has 1 heterocycles. The summed E-state index contributed by atoms with van der Waals surface area (Å²) in [6.45, 7) is 1.50. The molecule has 1 aliphatic heterocycles. The number of nitrogens with two attached hydrogens (primary N) is 1. The Morgan fingerprint density at radius 1 is 1.15 bits per heavy atom. The predicted octanol–water partition coefficient (Wildman–Crippen LogP) is 2.94. The molecule has 0 amide bonds. The minimum Gasteiger partial charge on any atom is -0.368 e. The van der Waals surface area contributed by atoms with Crippen molar-refractivity contribution in [3.05, 3.63) is 65.2 Å². The molecular formula is C21H26N6. The van der Waals surface area contributed by atoms with Gasteiger partial charge in [-0.15, -0.1) is 0 Å². The second-order valence-electron chi connectivity index (χ2n) is 6.70. The molecule has 2 aromatic carbocycles. The third kappa shape index (κ3) is 5.76. The van der Waals surface area contributed by atoms with Gasteiger partial charge in [0.05, 0.1) is 5.69 Å². The maximum Gasteiger partial charge on any atom is 0.215 e. The van der Waals surface area contributed by atoms with E-state index < -0.39 is 0 Å². The third-order valence-electron chi connectivity index (χ3n) is 4.66. The topological polar surface area (TPSA) is 98.7 Å². The first-order chi connectivity index (χ1) is 13.2. The number of fused-ring (bicyclic) bond motifs is 1. The van der Waals surface area contributed by atoms with Crippen LogP contribution in [0, 0.1) is 11.3 Å². The van der Waals surface area contributed by atoms with E-state index in [9.17, 15) is 0 Å². The first kappa shape index (κ1) is 18.8. The zero-order valence-corrected chi connectivity index (χ0v) is 15.4. The standard InChI is InChI=1S/C21H26N6/c22-9-11-25-21(23)24-10-8-18(12-16-4-2-1-3-5-16)13-17-6-7-19-15-26-27-20(19)14-17/h1-7,9,11,14,18,22,26-27H,8,10,12-13,15H2,(H2,23,24). The Labute approximate surface area is 160 Å². The van der Waals surface area contributed by atoms with Crippen LogP contribution >= 0.6 is 0 Å². The molecule has 140 valence electrons. The fourth-order valence-electron chi connectivity index (χ4n) is 3.33. The lowest BCUT2D eigenvalue weighted by Gasteiger charge is -2.17. The van der Waals surface area contributed by atoms with Crippen molar-refractivity contribution in [3.8, 4) is 0 Å². The molecule has 1 atom stereocenters. The summed E-state index contributed by atoms with van der Waals surface area (Å²) in [5.74, 6) is 0.688. The number of rotatable bonds is 8. The highest BCUT2D eigenvalue weighted by Gasteiger charge is 2.14. The number of nitrogens with zero attached hydrogens (tertiary/aromatic N) is 2. The first-order valence-electron chi connectivity index (χ1n) is 9.22. The highest BCUT2D eigenvalue weighted by molar-refractivity contribution is 6.17. The van der Waals surface area contributed by atoms with Crippen LogP contribution < -0.4 is 16.6 Å². The Morgan fingerprint density at radius 2 is 1.96 bits per heavy atom. The van der Waals surface area contributed by atoms with E-state index in [1.54, 1.807) is 0 Å². The van der Waals surface area contributed by atoms with Crippen LogP contribution in [0.5, 0.6) is 0 Å². The third-order valence-corrected chi connectivity index (χ3v) is 4.66. The maximum atomic E-state index is 6.95. The average molecular weight is 362 g/mol. The molecule has 6 nitrogen and oxygen atoms in total. The van der Waals surface area contributed by atoms with Gasteiger partial charge in [-0.2, -0.15) is 0 Å². The van der Waals surface area contributed by atoms with Crippen LogP contribution in [0.4, 0.5) is 5.69 Å². The van der Waals surface area contributed by atoms with Crippen molar-refractivity contribution in [2.24, 2.45) is 21.6 Å². The number of nitrogens with one attached hydrogen (secondary N) is 3. The van der Waals surface area contributed by atoms with E-state index in [2.05, 4.69) is 63.3 Å². The molecule has 0 saturated heterocycles. The molecule has 0 radical (unpaired) electrons. The zero-order chi connectivity index (χ0) is 18.9. The van der Waals surface area contributed by atoms with E-state index in [1.165, 1.54) is 28.6 Å². The van der Waals surface area contributed by atoms with Gasteiger partial charge < -0.3 is 16.6 Å². The molecule has 0 spiro atoms. The molecular weight excluding hydrogens is 336 g/mol. The number of aliphatic imine (C=N–C) groups is 2. The van der Waals surface area contributed by atoms with Crippen LogP contribution in [0.1, 0.15) is 23.1 Å². The van der Waals surface area contributed by atoms with E-state index in [4.69, 9.17) is 11.1 Å². The fourth-order valence-corrected chi connectivity index (χ4v) is 3.33. The summed E-state index contributed by atoms with van der Waals surface area (Å²) in [7, 11) is 0. The Morgan fingerprint density at radius 3 is 2.78 bits per heavy atom. The summed E-state index contributed by atoms with van der Waals surface area (Å²) < 4.78 is 0. The summed E-state index contributed by atoms with van der Waals surface area (Å²) in [5.41, 5.74) is 17.3. The van der Waals surface area contributed by atoms with Gasteiger partial charge in [-0.3, -0.25) is 4.99 Å². The van der Waals surface area contributed by atoms with Crippen LogP contribution in [-0.2, 0) is 19.4 Å². The summed E-state index contributed by atoms with van der Waals surface area (Å²) in [6.07, 6.45) is 5.35. The number of hydrogen-bond donors (Lipinski definition) is 4. The van der Waals surface area contributed by atoms with Gasteiger partial charge in [-0.25, -0.2) is 10.4 Å². The molecule has 3 rings (SSSR count). The molecule has 6 heteroatoms. The van der Waals surface area contributed by atoms with E-state index >= 15 is 0 Å². The van der Waals surface area contributed by atoms with Gasteiger partial charge in [-0.05, 0) is 47.9 Å². The van der Waals surface area contributed by atoms with Crippen LogP contribution in [0.3, 0.4) is 0 Å². The molecule has 0 aliphatic carbocycles.